The molecule has 1 aliphatic rings. The monoisotopic (exact) mass is 298 g/mol. The fourth-order valence-electron chi connectivity index (χ4n) is 2.62. The molecule has 1 heterocycles. The van der Waals surface area contributed by atoms with Crippen LogP contribution in [0.15, 0.2) is 42.5 Å². The summed E-state index contributed by atoms with van der Waals surface area (Å²) in [4.78, 5) is 24.6. The van der Waals surface area contributed by atoms with Gasteiger partial charge in [0.2, 0.25) is 0 Å². The summed E-state index contributed by atoms with van der Waals surface area (Å²) in [6.07, 6.45) is 0. The van der Waals surface area contributed by atoms with Gasteiger partial charge in [-0.1, -0.05) is 18.2 Å². The van der Waals surface area contributed by atoms with Crippen LogP contribution in [-0.2, 0) is 13.1 Å². The number of ether oxygens (including phenoxy) is 1. The molecule has 0 N–H and O–H groups in total. The number of fused-ring (bicyclic) bond motifs is 1. The molecule has 1 amide bonds. The molecule has 6 nitrogen and oxygen atoms in total. The molecule has 0 unspecified atom stereocenters. The minimum absolute atomic E-state index is 0.00285. The highest BCUT2D eigenvalue weighted by Gasteiger charge is 2.32. The zero-order valence-corrected chi connectivity index (χ0v) is 12.0. The maximum absolute atomic E-state index is 12.4. The van der Waals surface area contributed by atoms with Gasteiger partial charge < -0.3 is 9.64 Å². The SMILES string of the molecule is COc1ccc(CN2Cc3c(cccc3[N+](=O)[O-])C2=O)cc1. The van der Waals surface area contributed by atoms with Gasteiger partial charge in [-0.15, -0.1) is 0 Å². The number of hydrogen-bond acceptors (Lipinski definition) is 4. The Morgan fingerprint density at radius 2 is 1.95 bits per heavy atom. The average molecular weight is 298 g/mol. The van der Waals surface area contributed by atoms with Gasteiger partial charge in [0, 0.05) is 12.6 Å². The summed E-state index contributed by atoms with van der Waals surface area (Å²) in [5.41, 5.74) is 1.86. The second kappa shape index (κ2) is 5.48. The molecule has 2 aromatic carbocycles. The summed E-state index contributed by atoms with van der Waals surface area (Å²) < 4.78 is 5.10. The first-order chi connectivity index (χ1) is 10.6. The average Bonchev–Trinajstić information content (AvgIpc) is 2.84. The topological polar surface area (TPSA) is 72.7 Å². The Kier molecular flexibility index (Phi) is 3.50. The van der Waals surface area contributed by atoms with Crippen LogP contribution in [0.4, 0.5) is 5.69 Å². The Morgan fingerprint density at radius 3 is 2.59 bits per heavy atom. The minimum Gasteiger partial charge on any atom is -0.497 e. The largest absolute Gasteiger partial charge is 0.497 e. The predicted octanol–water partition coefficient (Wildman–Crippen LogP) is 2.76. The van der Waals surface area contributed by atoms with Crippen molar-refractivity contribution in [2.45, 2.75) is 13.1 Å². The molecule has 0 atom stereocenters. The number of carbonyl (C=O) groups excluding carboxylic acids is 1. The quantitative estimate of drug-likeness (QED) is 0.642. The zero-order valence-electron chi connectivity index (χ0n) is 12.0. The summed E-state index contributed by atoms with van der Waals surface area (Å²) >= 11 is 0. The Morgan fingerprint density at radius 1 is 1.23 bits per heavy atom. The highest BCUT2D eigenvalue weighted by Crippen LogP contribution is 2.31. The number of benzene rings is 2. The van der Waals surface area contributed by atoms with E-state index in [1.54, 1.807) is 24.1 Å². The molecule has 6 heteroatoms. The number of nitro groups is 1. The molecule has 0 bridgehead atoms. The lowest BCUT2D eigenvalue weighted by molar-refractivity contribution is -0.385. The number of methoxy groups -OCH3 is 1. The lowest BCUT2D eigenvalue weighted by Crippen LogP contribution is -2.23. The van der Waals surface area contributed by atoms with Crippen molar-refractivity contribution < 1.29 is 14.5 Å². The van der Waals surface area contributed by atoms with Crippen LogP contribution in [0.1, 0.15) is 21.5 Å². The van der Waals surface area contributed by atoms with E-state index in [4.69, 9.17) is 4.74 Å². The van der Waals surface area contributed by atoms with Gasteiger partial charge in [-0.05, 0) is 23.8 Å². The van der Waals surface area contributed by atoms with Gasteiger partial charge in [0.05, 0.1) is 29.7 Å². The molecule has 0 saturated carbocycles. The zero-order chi connectivity index (χ0) is 15.7. The first-order valence-electron chi connectivity index (χ1n) is 6.78. The van der Waals surface area contributed by atoms with Crippen LogP contribution >= 0.6 is 0 Å². The molecule has 0 aromatic heterocycles. The molecule has 1 aliphatic heterocycles. The van der Waals surface area contributed by atoms with E-state index in [9.17, 15) is 14.9 Å². The molecule has 22 heavy (non-hydrogen) atoms. The molecular weight excluding hydrogens is 284 g/mol. The maximum Gasteiger partial charge on any atom is 0.275 e. The van der Waals surface area contributed by atoms with Crippen LogP contribution < -0.4 is 4.74 Å². The third-order valence-electron chi connectivity index (χ3n) is 3.75. The van der Waals surface area contributed by atoms with E-state index in [1.807, 2.05) is 24.3 Å². The number of nitrogens with zero attached hydrogens (tertiary/aromatic N) is 2. The molecule has 2 aromatic rings. The van der Waals surface area contributed by atoms with Crippen molar-refractivity contribution in [3.8, 4) is 5.75 Å². The van der Waals surface area contributed by atoms with Crippen LogP contribution in [0.5, 0.6) is 5.75 Å². The number of nitro benzene ring substituents is 1. The fourth-order valence-corrected chi connectivity index (χ4v) is 2.62. The van der Waals surface area contributed by atoms with Crippen molar-refractivity contribution in [1.82, 2.24) is 4.90 Å². The first-order valence-corrected chi connectivity index (χ1v) is 6.78. The van der Waals surface area contributed by atoms with E-state index in [-0.39, 0.29) is 18.1 Å². The van der Waals surface area contributed by atoms with Crippen LogP contribution in [0.25, 0.3) is 0 Å². The minimum atomic E-state index is -0.441. The van der Waals surface area contributed by atoms with E-state index in [0.717, 1.165) is 11.3 Å². The van der Waals surface area contributed by atoms with Crippen molar-refractivity contribution in [2.24, 2.45) is 0 Å². The summed E-state index contributed by atoms with van der Waals surface area (Å²) in [5, 5.41) is 11.1. The normalized spacial score (nSPS) is 13.1. The Labute approximate surface area is 127 Å². The second-order valence-electron chi connectivity index (χ2n) is 5.07. The number of carbonyl (C=O) groups is 1. The number of rotatable bonds is 4. The van der Waals surface area contributed by atoms with Gasteiger partial charge in [-0.2, -0.15) is 0 Å². The Hall–Kier alpha value is -2.89. The molecule has 0 saturated heterocycles. The molecule has 0 aliphatic carbocycles. The predicted molar refractivity (Wildman–Crippen MR) is 79.7 cm³/mol. The van der Waals surface area contributed by atoms with Crippen molar-refractivity contribution in [1.29, 1.82) is 0 Å². The van der Waals surface area contributed by atoms with E-state index in [0.29, 0.717) is 17.7 Å². The molecular formula is C16H14N2O4. The molecule has 112 valence electrons. The summed E-state index contributed by atoms with van der Waals surface area (Å²) in [7, 11) is 1.59. The van der Waals surface area contributed by atoms with Crippen molar-refractivity contribution in [3.63, 3.8) is 0 Å². The molecule has 3 rings (SSSR count). The van der Waals surface area contributed by atoms with Crippen molar-refractivity contribution >= 4 is 11.6 Å². The molecule has 0 radical (unpaired) electrons. The third-order valence-corrected chi connectivity index (χ3v) is 3.75. The number of amides is 1. The molecule has 0 spiro atoms. The highest BCUT2D eigenvalue weighted by atomic mass is 16.6. The maximum atomic E-state index is 12.4. The van der Waals surface area contributed by atoms with E-state index in [2.05, 4.69) is 0 Å². The van der Waals surface area contributed by atoms with Gasteiger partial charge in [0.25, 0.3) is 11.6 Å². The Balaban J connectivity index is 1.84. The highest BCUT2D eigenvalue weighted by molar-refractivity contribution is 5.99. The van der Waals surface area contributed by atoms with Gasteiger partial charge in [-0.3, -0.25) is 14.9 Å². The Bertz CT molecular complexity index is 740. The number of hydrogen-bond donors (Lipinski definition) is 0. The second-order valence-corrected chi connectivity index (χ2v) is 5.07. The third kappa shape index (κ3) is 2.39. The van der Waals surface area contributed by atoms with Gasteiger partial charge in [0.1, 0.15) is 5.75 Å². The lowest BCUT2D eigenvalue weighted by Gasteiger charge is -2.15. The summed E-state index contributed by atoms with van der Waals surface area (Å²) in [6, 6.07) is 12.0. The van der Waals surface area contributed by atoms with Crippen LogP contribution in [-0.4, -0.2) is 22.8 Å². The van der Waals surface area contributed by atoms with Crippen molar-refractivity contribution in [3.05, 3.63) is 69.3 Å². The first kappa shape index (κ1) is 14.1. The van der Waals surface area contributed by atoms with E-state index >= 15 is 0 Å². The van der Waals surface area contributed by atoms with Gasteiger partial charge in [0.15, 0.2) is 0 Å². The van der Waals surface area contributed by atoms with Crippen LogP contribution in [0, 0.1) is 10.1 Å². The molecule has 0 fully saturated rings. The van der Waals surface area contributed by atoms with Crippen LogP contribution in [0.2, 0.25) is 0 Å². The van der Waals surface area contributed by atoms with Crippen LogP contribution in [0.3, 0.4) is 0 Å². The van der Waals surface area contributed by atoms with E-state index in [1.165, 1.54) is 6.07 Å². The van der Waals surface area contributed by atoms with E-state index < -0.39 is 4.92 Å². The smallest absolute Gasteiger partial charge is 0.275 e. The summed E-state index contributed by atoms with van der Waals surface area (Å²) in [5.74, 6) is 0.574. The lowest BCUT2D eigenvalue weighted by atomic mass is 10.1. The van der Waals surface area contributed by atoms with Gasteiger partial charge >= 0.3 is 0 Å². The summed E-state index contributed by atoms with van der Waals surface area (Å²) in [6.45, 7) is 0.673. The standard InChI is InChI=1S/C16H14N2O4/c1-22-12-7-5-11(6-8-12)9-17-10-14-13(16(17)19)3-2-4-15(14)18(20)21/h2-8H,9-10H2,1H3. The van der Waals surface area contributed by atoms with Gasteiger partial charge in [-0.25, -0.2) is 0 Å². The fraction of sp³-hybridized carbons (Fsp3) is 0.188. The van der Waals surface area contributed by atoms with Crippen molar-refractivity contribution in [2.75, 3.05) is 7.11 Å².